The molecular formula is C19H18NO6-. The lowest BCUT2D eigenvalue weighted by Crippen LogP contribution is -2.30. The molecule has 0 unspecified atom stereocenters. The maximum Gasteiger partial charge on any atom is 0.340 e. The van der Waals surface area contributed by atoms with Crippen LogP contribution in [-0.2, 0) is 16.0 Å². The van der Waals surface area contributed by atoms with Crippen LogP contribution in [0.5, 0.6) is 0 Å². The first-order valence-electron chi connectivity index (χ1n) is 8.27. The van der Waals surface area contributed by atoms with Crippen LogP contribution in [0.25, 0.3) is 21.9 Å². The monoisotopic (exact) mass is 356 g/mol. The van der Waals surface area contributed by atoms with E-state index < -0.39 is 11.6 Å². The fourth-order valence-electron chi connectivity index (χ4n) is 2.93. The van der Waals surface area contributed by atoms with E-state index in [0.717, 1.165) is 16.3 Å². The molecule has 2 aromatic heterocycles. The minimum atomic E-state index is -1.16. The van der Waals surface area contributed by atoms with Crippen LogP contribution in [0.4, 0.5) is 0 Å². The Morgan fingerprint density at radius 3 is 2.65 bits per heavy atom. The first-order chi connectivity index (χ1) is 12.4. The van der Waals surface area contributed by atoms with Crippen molar-refractivity contribution >= 4 is 33.8 Å². The molecule has 7 nitrogen and oxygen atoms in total. The molecule has 0 saturated carbocycles. The molecule has 0 fully saturated rings. The van der Waals surface area contributed by atoms with Crippen LogP contribution in [0.15, 0.2) is 32.0 Å². The number of carboxylic acid groups (broad SMARTS) is 1. The van der Waals surface area contributed by atoms with Gasteiger partial charge < -0.3 is 24.1 Å². The molecule has 0 saturated heterocycles. The highest BCUT2D eigenvalue weighted by Gasteiger charge is 2.16. The van der Waals surface area contributed by atoms with Crippen molar-refractivity contribution in [1.29, 1.82) is 0 Å². The zero-order valence-corrected chi connectivity index (χ0v) is 14.5. The predicted octanol–water partition coefficient (Wildman–Crippen LogP) is 1.34. The molecule has 0 radical (unpaired) electrons. The lowest BCUT2D eigenvalue weighted by Gasteiger charge is -2.09. The van der Waals surface area contributed by atoms with Crippen LogP contribution >= 0.6 is 0 Å². The molecule has 3 rings (SSSR count). The third-order valence-electron chi connectivity index (χ3n) is 4.39. The number of rotatable bonds is 6. The van der Waals surface area contributed by atoms with Crippen LogP contribution in [-0.4, -0.2) is 18.4 Å². The van der Waals surface area contributed by atoms with E-state index >= 15 is 0 Å². The van der Waals surface area contributed by atoms with Crippen LogP contribution in [0.1, 0.15) is 29.5 Å². The van der Waals surface area contributed by atoms with Crippen molar-refractivity contribution in [2.75, 3.05) is 6.54 Å². The van der Waals surface area contributed by atoms with Gasteiger partial charge >= 0.3 is 5.63 Å². The van der Waals surface area contributed by atoms with E-state index in [2.05, 4.69) is 5.32 Å². The van der Waals surface area contributed by atoms with Gasteiger partial charge in [-0.2, -0.15) is 0 Å². The minimum absolute atomic E-state index is 0.127. The standard InChI is InChI=1S/C19H19NO6/c1-10-9-25-15-8-16-13(6-12(10)15)11(2)14(19(24)26-16)7-17(21)20-5-3-4-18(22)23/h6,8-9H,3-5,7H2,1-2H3,(H,20,21)(H,22,23)/p-1. The van der Waals surface area contributed by atoms with Gasteiger partial charge in [0.05, 0.1) is 18.2 Å². The molecule has 1 amide bonds. The Kier molecular flexibility index (Phi) is 4.79. The molecule has 0 aliphatic rings. The largest absolute Gasteiger partial charge is 0.550 e. The van der Waals surface area contributed by atoms with Crippen LogP contribution < -0.4 is 16.0 Å². The van der Waals surface area contributed by atoms with E-state index in [9.17, 15) is 19.5 Å². The van der Waals surface area contributed by atoms with E-state index in [1.807, 2.05) is 13.0 Å². The Balaban J connectivity index is 1.87. The second kappa shape index (κ2) is 7.03. The average Bonchev–Trinajstić information content (AvgIpc) is 2.94. The predicted molar refractivity (Wildman–Crippen MR) is 92.7 cm³/mol. The van der Waals surface area contributed by atoms with E-state index in [0.29, 0.717) is 16.7 Å². The number of aryl methyl sites for hydroxylation is 2. The molecule has 136 valence electrons. The summed E-state index contributed by atoms with van der Waals surface area (Å²) in [4.78, 5) is 34.7. The zero-order valence-electron chi connectivity index (χ0n) is 14.5. The summed E-state index contributed by atoms with van der Waals surface area (Å²) in [6.45, 7) is 3.91. The molecule has 3 aromatic rings. The first-order valence-corrected chi connectivity index (χ1v) is 8.27. The van der Waals surface area contributed by atoms with E-state index in [-0.39, 0.29) is 37.3 Å². The van der Waals surface area contributed by atoms with E-state index in [1.165, 1.54) is 0 Å². The number of carbonyl (C=O) groups is 2. The molecular weight excluding hydrogens is 338 g/mol. The summed E-state index contributed by atoms with van der Waals surface area (Å²) >= 11 is 0. The maximum absolute atomic E-state index is 12.3. The van der Waals surface area contributed by atoms with Crippen molar-refractivity contribution in [2.24, 2.45) is 0 Å². The van der Waals surface area contributed by atoms with Gasteiger partial charge in [-0.3, -0.25) is 4.79 Å². The number of fused-ring (bicyclic) bond motifs is 2. The lowest BCUT2D eigenvalue weighted by molar-refractivity contribution is -0.305. The smallest absolute Gasteiger partial charge is 0.340 e. The van der Waals surface area contributed by atoms with Gasteiger partial charge in [0.2, 0.25) is 5.91 Å². The van der Waals surface area contributed by atoms with Gasteiger partial charge in [0.25, 0.3) is 0 Å². The summed E-state index contributed by atoms with van der Waals surface area (Å²) in [6.07, 6.45) is 1.66. The van der Waals surface area contributed by atoms with E-state index in [4.69, 9.17) is 8.83 Å². The number of carbonyl (C=O) groups excluding carboxylic acids is 2. The average molecular weight is 356 g/mol. The molecule has 0 aliphatic heterocycles. The quantitative estimate of drug-likeness (QED) is 0.527. The summed E-state index contributed by atoms with van der Waals surface area (Å²) in [5.74, 6) is -1.52. The number of hydrogen-bond donors (Lipinski definition) is 1. The van der Waals surface area contributed by atoms with E-state index in [1.54, 1.807) is 19.3 Å². The number of amides is 1. The van der Waals surface area contributed by atoms with Gasteiger partial charge in [-0.1, -0.05) is 0 Å². The van der Waals surface area contributed by atoms with Gasteiger partial charge in [-0.15, -0.1) is 0 Å². The summed E-state index contributed by atoms with van der Waals surface area (Å²) in [5.41, 5.74) is 2.42. The molecule has 0 bridgehead atoms. The van der Waals surface area contributed by atoms with Crippen LogP contribution in [0, 0.1) is 13.8 Å². The summed E-state index contributed by atoms with van der Waals surface area (Å²) in [5, 5.41) is 14.6. The number of hydrogen-bond acceptors (Lipinski definition) is 6. The van der Waals surface area contributed by atoms with Crippen molar-refractivity contribution < 1.29 is 23.5 Å². The zero-order chi connectivity index (χ0) is 18.8. The van der Waals surface area contributed by atoms with Gasteiger partial charge in [-0.25, -0.2) is 4.79 Å². The highest BCUT2D eigenvalue weighted by atomic mass is 16.4. The van der Waals surface area contributed by atoms with Crippen molar-refractivity contribution in [3.05, 3.63) is 45.5 Å². The second-order valence-electron chi connectivity index (χ2n) is 6.26. The molecule has 0 aliphatic carbocycles. The van der Waals surface area contributed by atoms with Crippen molar-refractivity contribution in [3.8, 4) is 0 Å². The summed E-state index contributed by atoms with van der Waals surface area (Å²) < 4.78 is 10.8. The first kappa shape index (κ1) is 17.7. The van der Waals surface area contributed by atoms with Crippen LogP contribution in [0.2, 0.25) is 0 Å². The Morgan fingerprint density at radius 1 is 1.15 bits per heavy atom. The van der Waals surface area contributed by atoms with Gasteiger partial charge in [-0.05, 0) is 43.9 Å². The Morgan fingerprint density at radius 2 is 1.92 bits per heavy atom. The third kappa shape index (κ3) is 3.46. The van der Waals surface area contributed by atoms with Crippen molar-refractivity contribution in [1.82, 2.24) is 5.32 Å². The fraction of sp³-hybridized carbons (Fsp3) is 0.316. The number of nitrogens with one attached hydrogen (secondary N) is 1. The normalized spacial score (nSPS) is 11.2. The summed E-state index contributed by atoms with van der Waals surface area (Å²) in [7, 11) is 0. The molecule has 1 N–H and O–H groups in total. The lowest BCUT2D eigenvalue weighted by atomic mass is 10.0. The highest BCUT2D eigenvalue weighted by Crippen LogP contribution is 2.28. The van der Waals surface area contributed by atoms with Gasteiger partial charge in [0, 0.05) is 29.4 Å². The number of aliphatic carboxylic acids is 1. The van der Waals surface area contributed by atoms with Crippen LogP contribution in [0.3, 0.4) is 0 Å². The third-order valence-corrected chi connectivity index (χ3v) is 4.39. The molecule has 0 spiro atoms. The van der Waals surface area contributed by atoms with Gasteiger partial charge in [0.15, 0.2) is 0 Å². The maximum atomic E-state index is 12.3. The Labute approximate surface area is 148 Å². The molecule has 1 aromatic carbocycles. The molecule has 7 heteroatoms. The van der Waals surface area contributed by atoms with Crippen molar-refractivity contribution in [2.45, 2.75) is 33.1 Å². The Bertz CT molecular complexity index is 1060. The van der Waals surface area contributed by atoms with Gasteiger partial charge in [0.1, 0.15) is 11.2 Å². The molecule has 26 heavy (non-hydrogen) atoms. The SMILES string of the molecule is Cc1coc2cc3oc(=O)c(CC(=O)NCCCC(=O)[O-])c(C)c3cc12. The fourth-order valence-corrected chi connectivity index (χ4v) is 2.93. The summed E-state index contributed by atoms with van der Waals surface area (Å²) in [6, 6.07) is 3.57. The van der Waals surface area contributed by atoms with Crippen molar-refractivity contribution in [3.63, 3.8) is 0 Å². The number of furan rings is 1. The number of benzene rings is 1. The highest BCUT2D eigenvalue weighted by molar-refractivity contribution is 5.96. The molecule has 2 heterocycles. The minimum Gasteiger partial charge on any atom is -0.550 e. The topological polar surface area (TPSA) is 113 Å². The molecule has 0 atom stereocenters. The number of carboxylic acids is 1. The Hall–Kier alpha value is -3.09. The second-order valence-corrected chi connectivity index (χ2v) is 6.26.